The molecule has 0 aliphatic heterocycles. The molecule has 0 saturated heterocycles. The monoisotopic (exact) mass is 126 g/mol. The summed E-state index contributed by atoms with van der Waals surface area (Å²) in [7, 11) is -2.97. The lowest BCUT2D eigenvalue weighted by Gasteiger charge is -1.78. The van der Waals surface area contributed by atoms with E-state index in [4.69, 9.17) is 5.14 Å². The minimum atomic E-state index is -3.50. The summed E-state index contributed by atoms with van der Waals surface area (Å²) in [6.07, 6.45) is 1.35. The predicted molar refractivity (Wildman–Crippen MR) is 25.5 cm³/mol. The normalized spacial score (nSPS) is 11.7. The van der Waals surface area contributed by atoms with Gasteiger partial charge in [-0.05, 0) is 17.0 Å². The quantitative estimate of drug-likeness (QED) is 0.460. The third-order valence-electron chi connectivity index (χ3n) is 0.219. The Morgan fingerprint density at radius 2 is 1.83 bits per heavy atom. The topological polar surface area (TPSA) is 57.9 Å². The molecule has 0 atom stereocenters. The number of hydrogen-bond donors (Lipinski definition) is 0. The highest BCUT2D eigenvalue weighted by atomic mass is 33.1. The minimum Gasteiger partial charge on any atom is -0.199 e. The Balaban J connectivity index is 3.85. The molecular weight excluding hydrogens is 122 g/mol. The molecule has 0 aromatic rings. The van der Waals surface area contributed by atoms with Crippen LogP contribution < -0.4 is 5.14 Å². The van der Waals surface area contributed by atoms with Crippen LogP contribution in [0.2, 0.25) is 0 Å². The van der Waals surface area contributed by atoms with Crippen molar-refractivity contribution in [1.29, 1.82) is 0 Å². The Labute approximate surface area is 40.4 Å². The Morgan fingerprint density at radius 1 is 1.67 bits per heavy atom. The fraction of sp³-hybridized carbons (Fsp3) is 1.00. The molecule has 0 aliphatic carbocycles. The van der Waals surface area contributed by atoms with Crippen LogP contribution >= 0.6 is 10.8 Å². The molecule has 0 spiro atoms. The average Bonchev–Trinajstić information content (AvgIpc) is 1.35. The molecule has 37 valence electrons. The first kappa shape index (κ1) is 6.26. The Bertz CT molecular complexity index is 114. The van der Waals surface area contributed by atoms with Crippen LogP contribution in [0.5, 0.6) is 0 Å². The maximum atomic E-state index is 9.63. The highest BCUT2D eigenvalue weighted by Crippen LogP contribution is 1.98. The molecule has 1 radical (unpaired) electrons. The average molecular weight is 126 g/mol. The second-order valence-corrected chi connectivity index (χ2v) is 4.18. The molecule has 0 amide bonds. The van der Waals surface area contributed by atoms with Crippen LogP contribution in [-0.2, 0) is 9.06 Å². The van der Waals surface area contributed by atoms with Crippen LogP contribution in [0.3, 0.4) is 0 Å². The Hall–Kier alpha value is 0.260. The summed E-state index contributed by atoms with van der Waals surface area (Å²) in [4.78, 5) is 0. The van der Waals surface area contributed by atoms with Gasteiger partial charge in [-0.1, -0.05) is 0 Å². The summed E-state index contributed by atoms with van der Waals surface area (Å²) < 4.78 is 19.3. The van der Waals surface area contributed by atoms with Crippen molar-refractivity contribution >= 4 is 19.8 Å². The van der Waals surface area contributed by atoms with Crippen LogP contribution in [0.15, 0.2) is 0 Å². The third kappa shape index (κ3) is 4.26. The molecule has 0 bridgehead atoms. The number of rotatable bonds is 1. The fourth-order valence-corrected chi connectivity index (χ4v) is 0. The first-order valence-electron chi connectivity index (χ1n) is 1.11. The predicted octanol–water partition coefficient (Wildman–Crippen LogP) is -0.123. The second kappa shape index (κ2) is 1.81. The molecular formula is CH4NO2S2. The van der Waals surface area contributed by atoms with Crippen molar-refractivity contribution < 1.29 is 8.42 Å². The van der Waals surface area contributed by atoms with Gasteiger partial charge in [-0.3, -0.25) is 0 Å². The van der Waals surface area contributed by atoms with E-state index in [9.17, 15) is 8.42 Å². The van der Waals surface area contributed by atoms with Crippen LogP contribution in [0.4, 0.5) is 0 Å². The van der Waals surface area contributed by atoms with E-state index in [1.165, 1.54) is 6.26 Å². The van der Waals surface area contributed by atoms with E-state index in [0.29, 0.717) is 10.8 Å². The number of nitrogens with one attached hydrogen (secondary N) is 1. The van der Waals surface area contributed by atoms with Gasteiger partial charge in [-0.2, -0.15) is 8.42 Å². The summed E-state index contributed by atoms with van der Waals surface area (Å²) in [6.45, 7) is 0. The minimum absolute atomic E-state index is 0.521. The van der Waals surface area contributed by atoms with E-state index >= 15 is 0 Å². The van der Waals surface area contributed by atoms with Gasteiger partial charge in [-0.15, -0.1) is 5.14 Å². The van der Waals surface area contributed by atoms with E-state index < -0.39 is 9.06 Å². The summed E-state index contributed by atoms with van der Waals surface area (Å²) in [6, 6.07) is 0. The van der Waals surface area contributed by atoms with Crippen molar-refractivity contribution in [3.8, 4) is 0 Å². The number of hydrogen-bond acceptors (Lipinski definition) is 3. The molecule has 0 unspecified atom stereocenters. The van der Waals surface area contributed by atoms with Crippen molar-refractivity contribution in [2.45, 2.75) is 0 Å². The molecule has 5 heteroatoms. The zero-order valence-corrected chi connectivity index (χ0v) is 4.77. The summed E-state index contributed by atoms with van der Waals surface area (Å²) >= 11 is 0. The smallest absolute Gasteiger partial charge is 0.199 e. The lowest BCUT2D eigenvalue weighted by atomic mass is 12.0. The zero-order valence-electron chi connectivity index (χ0n) is 3.13. The van der Waals surface area contributed by atoms with Gasteiger partial charge in [0.15, 0.2) is 0 Å². The lowest BCUT2D eigenvalue weighted by molar-refractivity contribution is 0.611. The zero-order chi connectivity index (χ0) is 5.21. The van der Waals surface area contributed by atoms with Crippen molar-refractivity contribution in [3.63, 3.8) is 0 Å². The highest BCUT2D eigenvalue weighted by molar-refractivity contribution is 8.70. The molecule has 3 nitrogen and oxygen atoms in total. The van der Waals surface area contributed by atoms with Gasteiger partial charge >= 0.3 is 0 Å². The molecule has 0 rings (SSSR count). The standard InChI is InChI=1S/CH4NO2S2/c1-5-6(2,3)4/h2H,1H3. The molecule has 1 N–H and O–H groups in total. The maximum absolute atomic E-state index is 9.63. The van der Waals surface area contributed by atoms with Gasteiger partial charge in [0, 0.05) is 0 Å². The first-order chi connectivity index (χ1) is 2.56. The van der Waals surface area contributed by atoms with Crippen molar-refractivity contribution in [1.82, 2.24) is 5.14 Å². The largest absolute Gasteiger partial charge is 0.278 e. The first-order valence-corrected chi connectivity index (χ1v) is 4.34. The summed E-state index contributed by atoms with van der Waals surface area (Å²) in [5.74, 6) is 0. The van der Waals surface area contributed by atoms with Crippen LogP contribution in [0.1, 0.15) is 0 Å². The highest BCUT2D eigenvalue weighted by Gasteiger charge is 1.93. The van der Waals surface area contributed by atoms with Gasteiger partial charge < -0.3 is 0 Å². The molecule has 6 heavy (non-hydrogen) atoms. The Kier molecular flexibility index (Phi) is 1.89. The molecule has 0 aromatic carbocycles. The van der Waals surface area contributed by atoms with Gasteiger partial charge in [0.1, 0.15) is 0 Å². The van der Waals surface area contributed by atoms with Gasteiger partial charge in [0.2, 0.25) is 0 Å². The van der Waals surface area contributed by atoms with Crippen LogP contribution in [0.25, 0.3) is 0 Å². The summed E-state index contributed by atoms with van der Waals surface area (Å²) in [5.41, 5.74) is 0. The second-order valence-electron chi connectivity index (χ2n) is 0.621. The van der Waals surface area contributed by atoms with E-state index in [0.717, 1.165) is 0 Å². The van der Waals surface area contributed by atoms with E-state index in [2.05, 4.69) is 0 Å². The lowest BCUT2D eigenvalue weighted by Crippen LogP contribution is -1.88. The molecule has 0 aromatic heterocycles. The van der Waals surface area contributed by atoms with Gasteiger partial charge in [0.05, 0.1) is 0 Å². The van der Waals surface area contributed by atoms with E-state index in [-0.39, 0.29) is 0 Å². The van der Waals surface area contributed by atoms with E-state index in [1.54, 1.807) is 0 Å². The van der Waals surface area contributed by atoms with Crippen molar-refractivity contribution in [3.05, 3.63) is 0 Å². The van der Waals surface area contributed by atoms with Crippen LogP contribution in [0, 0.1) is 0 Å². The van der Waals surface area contributed by atoms with Gasteiger partial charge in [-0.25, -0.2) is 0 Å². The maximum Gasteiger partial charge on any atom is 0.278 e. The SMILES string of the molecule is CSS([NH])(=O)=O. The Morgan fingerprint density at radius 3 is 1.83 bits per heavy atom. The van der Waals surface area contributed by atoms with Crippen molar-refractivity contribution in [2.24, 2.45) is 0 Å². The fourth-order valence-electron chi connectivity index (χ4n) is 0. The molecule has 0 heterocycles. The summed E-state index contributed by atoms with van der Waals surface area (Å²) in [5, 5.41) is 6.12. The van der Waals surface area contributed by atoms with E-state index in [1.807, 2.05) is 0 Å². The van der Waals surface area contributed by atoms with Gasteiger partial charge in [0.25, 0.3) is 9.06 Å². The molecule has 0 fully saturated rings. The third-order valence-corrected chi connectivity index (χ3v) is 1.97. The molecule has 0 saturated carbocycles. The van der Waals surface area contributed by atoms with Crippen LogP contribution in [-0.4, -0.2) is 14.7 Å². The van der Waals surface area contributed by atoms with Crippen molar-refractivity contribution in [2.75, 3.05) is 6.26 Å². The molecule has 0 aliphatic rings.